The topological polar surface area (TPSA) is 40.2 Å². The third kappa shape index (κ3) is 72.2. The second kappa shape index (κ2) is 22.6. The monoisotopic (exact) mass is 533 g/mol. The maximum absolute atomic E-state index is 5.07. The van der Waals surface area contributed by atoms with E-state index in [0.29, 0.717) is 27.8 Å². The first-order chi connectivity index (χ1) is 16.6. The Balaban J connectivity index is -0.000000367. The summed E-state index contributed by atoms with van der Waals surface area (Å²) < 4.78 is 19.8. The highest BCUT2D eigenvalue weighted by Crippen LogP contribution is 2.30. The molecule has 4 rings (SSSR count). The molecule has 4 nitrogen and oxygen atoms in total. The SMILES string of the molecule is C1CCOC1.C1CCOCC1.C1COC1.CC(C)(C)C.CC(C)(C)C.CC(C)(C)C.CC(C)(C)C1CO1. The van der Waals surface area contributed by atoms with Crippen LogP contribution < -0.4 is 0 Å². The summed E-state index contributed by atoms with van der Waals surface area (Å²) >= 11 is 0. The summed E-state index contributed by atoms with van der Waals surface area (Å²) in [6.45, 7) is 39.8. The van der Waals surface area contributed by atoms with Crippen molar-refractivity contribution in [2.45, 2.75) is 148 Å². The zero-order valence-electron chi connectivity index (χ0n) is 28.4. The predicted molar refractivity (Wildman–Crippen MR) is 165 cm³/mol. The molecule has 0 radical (unpaired) electrons. The van der Waals surface area contributed by atoms with Crippen LogP contribution in [-0.4, -0.2) is 52.4 Å². The first-order valence-corrected chi connectivity index (χ1v) is 15.0. The van der Waals surface area contributed by atoms with Crippen molar-refractivity contribution in [1.82, 2.24) is 0 Å². The first kappa shape index (κ1) is 41.3. The van der Waals surface area contributed by atoms with Gasteiger partial charge in [0.05, 0.1) is 12.7 Å². The van der Waals surface area contributed by atoms with Crippen LogP contribution in [0.25, 0.3) is 0 Å². The molecule has 0 aliphatic carbocycles. The van der Waals surface area contributed by atoms with Crippen molar-refractivity contribution in [3.8, 4) is 0 Å². The van der Waals surface area contributed by atoms with Crippen LogP contribution in [0.3, 0.4) is 0 Å². The molecule has 1 atom stereocenters. The van der Waals surface area contributed by atoms with Gasteiger partial charge in [0.2, 0.25) is 0 Å². The molecule has 37 heavy (non-hydrogen) atoms. The first-order valence-electron chi connectivity index (χ1n) is 15.0. The minimum absolute atomic E-state index is 0.389. The highest BCUT2D eigenvalue weighted by molar-refractivity contribution is 4.82. The zero-order chi connectivity index (χ0) is 29.6. The maximum Gasteiger partial charge on any atom is 0.0858 e. The molecule has 4 aliphatic rings. The third-order valence-corrected chi connectivity index (χ3v) is 3.78. The van der Waals surface area contributed by atoms with Crippen molar-refractivity contribution in [3.63, 3.8) is 0 Å². The molecule has 0 aromatic rings. The Kier molecular flexibility index (Phi) is 25.3. The summed E-state index contributed by atoms with van der Waals surface area (Å²) in [5.41, 5.74) is 1.89. The van der Waals surface area contributed by atoms with Gasteiger partial charge in [0.15, 0.2) is 0 Å². The number of hydrogen-bond donors (Lipinski definition) is 0. The number of rotatable bonds is 0. The maximum atomic E-state index is 5.07. The van der Waals surface area contributed by atoms with Crippen LogP contribution >= 0.6 is 0 Å². The van der Waals surface area contributed by atoms with E-state index in [1.807, 2.05) is 0 Å². The van der Waals surface area contributed by atoms with Crippen LogP contribution in [0.4, 0.5) is 0 Å². The van der Waals surface area contributed by atoms with Gasteiger partial charge in [-0.15, -0.1) is 0 Å². The highest BCUT2D eigenvalue weighted by atomic mass is 16.6. The van der Waals surface area contributed by atoms with Crippen LogP contribution in [0.2, 0.25) is 0 Å². The van der Waals surface area contributed by atoms with E-state index in [0.717, 1.165) is 46.2 Å². The molecule has 0 bridgehead atoms. The largest absolute Gasteiger partial charge is 0.381 e. The van der Waals surface area contributed by atoms with Crippen molar-refractivity contribution in [2.24, 2.45) is 21.7 Å². The lowest BCUT2D eigenvalue weighted by atomic mass is 9.93. The predicted octanol–water partition coefficient (Wildman–Crippen LogP) is 9.98. The molecule has 0 N–H and O–H groups in total. The van der Waals surface area contributed by atoms with Crippen molar-refractivity contribution < 1.29 is 18.9 Å². The van der Waals surface area contributed by atoms with E-state index >= 15 is 0 Å². The lowest BCUT2D eigenvalue weighted by Gasteiger charge is -2.12. The fourth-order valence-electron chi connectivity index (χ4n) is 1.89. The minimum Gasteiger partial charge on any atom is -0.381 e. The second-order valence-corrected chi connectivity index (χ2v) is 16.1. The summed E-state index contributed by atoms with van der Waals surface area (Å²) in [6, 6.07) is 0. The van der Waals surface area contributed by atoms with Crippen LogP contribution in [0.1, 0.15) is 142 Å². The van der Waals surface area contributed by atoms with E-state index in [1.165, 1.54) is 38.5 Å². The molecule has 4 heteroatoms. The van der Waals surface area contributed by atoms with Gasteiger partial charge in [0.1, 0.15) is 0 Å². The van der Waals surface area contributed by atoms with Gasteiger partial charge in [-0.3, -0.25) is 0 Å². The lowest BCUT2D eigenvalue weighted by Crippen LogP contribution is -2.12. The Morgan fingerprint density at radius 2 is 0.595 bits per heavy atom. The van der Waals surface area contributed by atoms with Gasteiger partial charge in [-0.05, 0) is 60.2 Å². The molecule has 4 aliphatic heterocycles. The standard InChI is InChI=1S/C6H12O.C5H10O.3C5H12.C4H8O.C3H6O/c1-6(2,3)5-4-7-5;1-2-4-6-5-3-1;3*1-5(2,3)4;1-2-4-5-3-1;1-2-4-3-1/h5H,4H2,1-3H3;1-5H2;3*1-4H3;1-4H2;1-3H2. The molecule has 0 aromatic carbocycles. The van der Waals surface area contributed by atoms with Crippen molar-refractivity contribution >= 4 is 0 Å². The molecular formula is C33H72O4. The van der Waals surface area contributed by atoms with Gasteiger partial charge in [-0.1, -0.05) is 104 Å². The van der Waals surface area contributed by atoms with Gasteiger partial charge in [-0.25, -0.2) is 0 Å². The van der Waals surface area contributed by atoms with Gasteiger partial charge in [0.25, 0.3) is 0 Å². The van der Waals surface area contributed by atoms with E-state index in [4.69, 9.17) is 18.9 Å². The quantitative estimate of drug-likeness (QED) is 0.291. The molecule has 4 saturated heterocycles. The van der Waals surface area contributed by atoms with Gasteiger partial charge < -0.3 is 18.9 Å². The van der Waals surface area contributed by atoms with E-state index < -0.39 is 0 Å². The van der Waals surface area contributed by atoms with Gasteiger partial charge >= 0.3 is 0 Å². The third-order valence-electron chi connectivity index (χ3n) is 3.78. The Bertz CT molecular complexity index is 375. The van der Waals surface area contributed by atoms with Crippen LogP contribution in [0.15, 0.2) is 0 Å². The molecule has 0 aromatic heterocycles. The smallest absolute Gasteiger partial charge is 0.0858 e. The molecule has 0 amide bonds. The summed E-state index contributed by atoms with van der Waals surface area (Å²) in [4.78, 5) is 0. The van der Waals surface area contributed by atoms with E-state index in [9.17, 15) is 0 Å². The molecule has 4 fully saturated rings. The molecule has 0 spiro atoms. The molecule has 0 saturated carbocycles. The minimum atomic E-state index is 0.389. The van der Waals surface area contributed by atoms with Crippen molar-refractivity contribution in [3.05, 3.63) is 0 Å². The number of epoxide rings is 1. The van der Waals surface area contributed by atoms with E-state index in [-0.39, 0.29) is 0 Å². The van der Waals surface area contributed by atoms with Gasteiger partial charge in [-0.2, -0.15) is 0 Å². The number of hydrogen-bond acceptors (Lipinski definition) is 4. The van der Waals surface area contributed by atoms with Gasteiger partial charge in [0, 0.05) is 39.6 Å². The van der Waals surface area contributed by atoms with E-state index in [2.05, 4.69) is 104 Å². The molecule has 228 valence electrons. The second-order valence-electron chi connectivity index (χ2n) is 16.1. The Labute approximate surface area is 235 Å². The fourth-order valence-corrected chi connectivity index (χ4v) is 1.89. The van der Waals surface area contributed by atoms with Crippen LogP contribution in [0, 0.1) is 21.7 Å². The lowest BCUT2D eigenvalue weighted by molar-refractivity contribution is 0.0367. The fraction of sp³-hybridized carbons (Fsp3) is 1.00. The average Bonchev–Trinajstić information content (AvgIpc) is 3.32. The zero-order valence-corrected chi connectivity index (χ0v) is 28.4. The number of ether oxygens (including phenoxy) is 4. The molecule has 1 unspecified atom stereocenters. The van der Waals surface area contributed by atoms with Crippen LogP contribution in [-0.2, 0) is 18.9 Å². The Morgan fingerprint density at radius 3 is 0.649 bits per heavy atom. The summed E-state index contributed by atoms with van der Waals surface area (Å²) in [5, 5.41) is 0. The Hall–Kier alpha value is -0.160. The summed E-state index contributed by atoms with van der Waals surface area (Å²) in [7, 11) is 0. The highest BCUT2D eigenvalue weighted by Gasteiger charge is 2.35. The van der Waals surface area contributed by atoms with Crippen molar-refractivity contribution in [1.29, 1.82) is 0 Å². The van der Waals surface area contributed by atoms with E-state index in [1.54, 1.807) is 0 Å². The summed E-state index contributed by atoms with van der Waals surface area (Å²) in [6.07, 6.45) is 8.31. The summed E-state index contributed by atoms with van der Waals surface area (Å²) in [5.74, 6) is 0. The van der Waals surface area contributed by atoms with Crippen LogP contribution in [0.5, 0.6) is 0 Å². The molecule has 4 heterocycles. The normalized spacial score (nSPS) is 20.4. The average molecular weight is 533 g/mol. The molecular weight excluding hydrogens is 460 g/mol. The van der Waals surface area contributed by atoms with Crippen molar-refractivity contribution in [2.75, 3.05) is 46.2 Å². The Morgan fingerprint density at radius 1 is 0.378 bits per heavy atom.